The predicted octanol–water partition coefficient (Wildman–Crippen LogP) is 3.64. The zero-order valence-electron chi connectivity index (χ0n) is 14.6. The fourth-order valence-electron chi connectivity index (χ4n) is 4.14. The highest BCUT2D eigenvalue weighted by Crippen LogP contribution is 2.47. The Balaban J connectivity index is 0.00000156. The first-order valence-corrected chi connectivity index (χ1v) is 8.57. The Morgan fingerprint density at radius 1 is 1.00 bits per heavy atom. The largest absolute Gasteiger partial charge is 0.494 e. The number of anilines is 1. The van der Waals surface area contributed by atoms with Crippen molar-refractivity contribution in [1.29, 1.82) is 0 Å². The molecule has 3 aliphatic rings. The Bertz CT molecular complexity index is 595. The number of fused-ring (bicyclic) bond motifs is 2. The van der Waals surface area contributed by atoms with Gasteiger partial charge in [-0.2, -0.15) is 0 Å². The normalized spacial score (nSPS) is 26.0. The monoisotopic (exact) mass is 335 g/mol. The molecule has 2 fully saturated rings. The Kier molecular flexibility index (Phi) is 4.02. The van der Waals surface area contributed by atoms with E-state index in [-0.39, 0.29) is 30.7 Å². The van der Waals surface area contributed by atoms with Crippen molar-refractivity contribution < 1.29 is 9.31 Å². The third kappa shape index (κ3) is 2.50. The Morgan fingerprint density at radius 2 is 1.61 bits per heavy atom. The van der Waals surface area contributed by atoms with Crippen molar-refractivity contribution in [3.8, 4) is 0 Å². The standard InChI is InChI=1S/C18H26BNO2.ClH/c1-16(2)17(3,4)22-19(21-16)13-7-8-15-14(11-13)18(12-20-15)9-5-6-10-18;/h7-8,11,20H,5-6,9-10,12H2,1-4H3;1H. The van der Waals surface area contributed by atoms with Gasteiger partial charge in [0.2, 0.25) is 0 Å². The molecule has 1 N–H and O–H groups in total. The molecule has 1 saturated carbocycles. The summed E-state index contributed by atoms with van der Waals surface area (Å²) in [5.41, 5.74) is 3.75. The smallest absolute Gasteiger partial charge is 0.399 e. The summed E-state index contributed by atoms with van der Waals surface area (Å²) >= 11 is 0. The van der Waals surface area contributed by atoms with E-state index in [1.54, 1.807) is 0 Å². The minimum absolute atomic E-state index is 0. The summed E-state index contributed by atoms with van der Waals surface area (Å²) < 4.78 is 12.4. The predicted molar refractivity (Wildman–Crippen MR) is 98.0 cm³/mol. The molecule has 0 amide bonds. The summed E-state index contributed by atoms with van der Waals surface area (Å²) in [5.74, 6) is 0. The van der Waals surface area contributed by atoms with Crippen LogP contribution >= 0.6 is 12.4 Å². The molecule has 0 atom stereocenters. The molecule has 4 rings (SSSR count). The number of hydrogen-bond donors (Lipinski definition) is 1. The zero-order valence-corrected chi connectivity index (χ0v) is 15.4. The highest BCUT2D eigenvalue weighted by atomic mass is 35.5. The topological polar surface area (TPSA) is 30.5 Å². The molecule has 2 heterocycles. The van der Waals surface area contributed by atoms with Crippen LogP contribution in [0.15, 0.2) is 18.2 Å². The number of benzene rings is 1. The lowest BCUT2D eigenvalue weighted by Gasteiger charge is -2.32. The summed E-state index contributed by atoms with van der Waals surface area (Å²) in [7, 11) is -0.255. The van der Waals surface area contributed by atoms with Gasteiger partial charge in [0.05, 0.1) is 11.2 Å². The third-order valence-corrected chi connectivity index (χ3v) is 6.32. The summed E-state index contributed by atoms with van der Waals surface area (Å²) in [6.07, 6.45) is 5.31. The first-order chi connectivity index (χ1) is 10.3. The van der Waals surface area contributed by atoms with Gasteiger partial charge in [0.25, 0.3) is 0 Å². The van der Waals surface area contributed by atoms with E-state index in [4.69, 9.17) is 9.31 Å². The Morgan fingerprint density at radius 3 is 2.22 bits per heavy atom. The third-order valence-electron chi connectivity index (χ3n) is 6.32. The minimum Gasteiger partial charge on any atom is -0.399 e. The zero-order chi connectivity index (χ0) is 15.6. The van der Waals surface area contributed by atoms with Gasteiger partial charge in [-0.15, -0.1) is 12.4 Å². The summed E-state index contributed by atoms with van der Waals surface area (Å²) in [5, 5.41) is 3.60. The fraction of sp³-hybridized carbons (Fsp3) is 0.667. The molecule has 3 nitrogen and oxygen atoms in total. The van der Waals surface area contributed by atoms with Gasteiger partial charge in [-0.3, -0.25) is 0 Å². The molecule has 23 heavy (non-hydrogen) atoms. The molecule has 1 aromatic rings. The lowest BCUT2D eigenvalue weighted by Crippen LogP contribution is -2.41. The molecule has 0 unspecified atom stereocenters. The van der Waals surface area contributed by atoms with Gasteiger partial charge in [-0.05, 0) is 57.6 Å². The first kappa shape index (κ1) is 17.1. The summed E-state index contributed by atoms with van der Waals surface area (Å²) in [6.45, 7) is 9.54. The van der Waals surface area contributed by atoms with Crippen molar-refractivity contribution in [2.75, 3.05) is 11.9 Å². The number of rotatable bonds is 1. The molecule has 126 valence electrons. The van der Waals surface area contributed by atoms with E-state index in [1.807, 2.05) is 0 Å². The second-order valence-corrected chi connectivity index (χ2v) is 8.23. The van der Waals surface area contributed by atoms with Crippen molar-refractivity contribution >= 4 is 30.7 Å². The van der Waals surface area contributed by atoms with Crippen LogP contribution in [-0.2, 0) is 14.7 Å². The van der Waals surface area contributed by atoms with Gasteiger partial charge in [-0.25, -0.2) is 0 Å². The van der Waals surface area contributed by atoms with Crippen molar-refractivity contribution in [3.05, 3.63) is 23.8 Å². The average molecular weight is 336 g/mol. The van der Waals surface area contributed by atoms with Crippen LogP contribution in [0.25, 0.3) is 0 Å². The quantitative estimate of drug-likeness (QED) is 0.795. The maximum atomic E-state index is 6.22. The highest BCUT2D eigenvalue weighted by molar-refractivity contribution is 6.62. The van der Waals surface area contributed by atoms with Gasteiger partial charge in [0.1, 0.15) is 0 Å². The first-order valence-electron chi connectivity index (χ1n) is 8.57. The van der Waals surface area contributed by atoms with E-state index in [9.17, 15) is 0 Å². The van der Waals surface area contributed by atoms with Crippen LogP contribution in [0.3, 0.4) is 0 Å². The molecule has 0 bridgehead atoms. The van der Waals surface area contributed by atoms with Gasteiger partial charge in [-0.1, -0.05) is 25.0 Å². The van der Waals surface area contributed by atoms with Gasteiger partial charge >= 0.3 is 7.12 Å². The summed E-state index contributed by atoms with van der Waals surface area (Å²) in [4.78, 5) is 0. The van der Waals surface area contributed by atoms with E-state index in [0.29, 0.717) is 5.41 Å². The van der Waals surface area contributed by atoms with E-state index < -0.39 is 0 Å². The van der Waals surface area contributed by atoms with Gasteiger partial charge < -0.3 is 14.6 Å². The van der Waals surface area contributed by atoms with Crippen LogP contribution in [-0.4, -0.2) is 24.9 Å². The molecule has 1 aromatic carbocycles. The lowest BCUT2D eigenvalue weighted by atomic mass is 9.74. The van der Waals surface area contributed by atoms with E-state index in [0.717, 1.165) is 12.0 Å². The van der Waals surface area contributed by atoms with E-state index in [1.165, 1.54) is 36.9 Å². The second kappa shape index (κ2) is 5.40. The lowest BCUT2D eigenvalue weighted by molar-refractivity contribution is 0.00578. The van der Waals surface area contributed by atoms with Crippen LogP contribution in [0.5, 0.6) is 0 Å². The van der Waals surface area contributed by atoms with Crippen LogP contribution in [0.1, 0.15) is 58.9 Å². The van der Waals surface area contributed by atoms with Crippen molar-refractivity contribution in [1.82, 2.24) is 0 Å². The minimum atomic E-state index is -0.278. The van der Waals surface area contributed by atoms with Crippen LogP contribution in [0.2, 0.25) is 0 Å². The number of hydrogen-bond acceptors (Lipinski definition) is 3. The molecule has 1 spiro atoms. The number of halogens is 1. The Labute approximate surface area is 146 Å². The van der Waals surface area contributed by atoms with Crippen LogP contribution < -0.4 is 10.8 Å². The molecule has 0 radical (unpaired) electrons. The van der Waals surface area contributed by atoms with Gasteiger partial charge in [0, 0.05) is 17.6 Å². The molecule has 2 aliphatic heterocycles. The summed E-state index contributed by atoms with van der Waals surface area (Å²) in [6, 6.07) is 6.70. The molecule has 5 heteroatoms. The van der Waals surface area contributed by atoms with Crippen LogP contribution in [0, 0.1) is 0 Å². The molecule has 1 aliphatic carbocycles. The Hall–Kier alpha value is -0.705. The highest BCUT2D eigenvalue weighted by Gasteiger charge is 2.52. The molecule has 1 saturated heterocycles. The van der Waals surface area contributed by atoms with Gasteiger partial charge in [0.15, 0.2) is 0 Å². The average Bonchev–Trinajstić information content (AvgIpc) is 3.11. The van der Waals surface area contributed by atoms with Crippen molar-refractivity contribution in [3.63, 3.8) is 0 Å². The van der Waals surface area contributed by atoms with E-state index >= 15 is 0 Å². The maximum absolute atomic E-state index is 6.22. The van der Waals surface area contributed by atoms with Crippen molar-refractivity contribution in [2.45, 2.75) is 70.0 Å². The molecule has 0 aromatic heterocycles. The van der Waals surface area contributed by atoms with Crippen molar-refractivity contribution in [2.24, 2.45) is 0 Å². The van der Waals surface area contributed by atoms with Crippen LogP contribution in [0.4, 0.5) is 5.69 Å². The number of nitrogens with one attached hydrogen (secondary N) is 1. The SMILES string of the molecule is CC1(C)OB(c2ccc3c(c2)C2(CCCC2)CN3)OC1(C)C.Cl. The molecular weight excluding hydrogens is 308 g/mol. The second-order valence-electron chi connectivity index (χ2n) is 8.23. The van der Waals surface area contributed by atoms with E-state index in [2.05, 4.69) is 51.2 Å². The fourth-order valence-corrected chi connectivity index (χ4v) is 4.14. The maximum Gasteiger partial charge on any atom is 0.494 e. The molecular formula is C18H27BClNO2.